The number of piperidine rings is 1. The highest BCUT2D eigenvalue weighted by atomic mass is 16.4. The van der Waals surface area contributed by atoms with E-state index in [2.05, 4.69) is 4.90 Å². The smallest absolute Gasteiger partial charge is 0.423 e. The molecule has 2 heterocycles. The number of benzene rings is 2. The minimum atomic E-state index is -1.47. The number of hydrogen-bond acceptors (Lipinski definition) is 4. The van der Waals surface area contributed by atoms with Gasteiger partial charge in [0.25, 0.3) is 0 Å². The van der Waals surface area contributed by atoms with E-state index < -0.39 is 7.12 Å². The zero-order valence-corrected chi connectivity index (χ0v) is 14.7. The van der Waals surface area contributed by atoms with Gasteiger partial charge in [0.2, 0.25) is 5.91 Å². The van der Waals surface area contributed by atoms with Gasteiger partial charge < -0.3 is 14.9 Å². The van der Waals surface area contributed by atoms with E-state index in [1.165, 1.54) is 0 Å². The van der Waals surface area contributed by atoms with Gasteiger partial charge in [-0.25, -0.2) is 0 Å². The van der Waals surface area contributed by atoms with Crippen LogP contribution in [-0.2, 0) is 11.3 Å². The lowest BCUT2D eigenvalue weighted by Crippen LogP contribution is -2.38. The Morgan fingerprint density at radius 3 is 2.42 bits per heavy atom. The molecule has 2 N–H and O–H groups in total. The van der Waals surface area contributed by atoms with Gasteiger partial charge in [-0.3, -0.25) is 9.69 Å². The molecule has 134 valence electrons. The first-order chi connectivity index (χ1) is 12.6. The molecule has 2 saturated heterocycles. The lowest BCUT2D eigenvalue weighted by molar-refractivity contribution is -0.131. The maximum absolute atomic E-state index is 13.1. The highest BCUT2D eigenvalue weighted by Crippen LogP contribution is 2.39. The zero-order chi connectivity index (χ0) is 18.1. The van der Waals surface area contributed by atoms with Gasteiger partial charge in [0.15, 0.2) is 0 Å². The maximum Gasteiger partial charge on any atom is 0.488 e. The second-order valence-electron chi connectivity index (χ2n) is 7.12. The van der Waals surface area contributed by atoms with Crippen LogP contribution in [0.5, 0.6) is 0 Å². The van der Waals surface area contributed by atoms with Gasteiger partial charge in [0, 0.05) is 13.1 Å². The third-order valence-corrected chi connectivity index (χ3v) is 5.45. The van der Waals surface area contributed by atoms with Crippen molar-refractivity contribution in [1.29, 1.82) is 0 Å². The molecule has 0 spiro atoms. The van der Waals surface area contributed by atoms with Crippen molar-refractivity contribution >= 4 is 18.5 Å². The summed E-state index contributed by atoms with van der Waals surface area (Å²) in [6.45, 7) is 1.50. The quantitative estimate of drug-likeness (QED) is 0.815. The van der Waals surface area contributed by atoms with Crippen LogP contribution >= 0.6 is 0 Å². The molecule has 6 heteroatoms. The van der Waals surface area contributed by atoms with Gasteiger partial charge >= 0.3 is 7.12 Å². The van der Waals surface area contributed by atoms with Crippen LogP contribution in [0, 0.1) is 0 Å². The van der Waals surface area contributed by atoms with Crippen LogP contribution in [0.15, 0.2) is 54.6 Å². The summed E-state index contributed by atoms with van der Waals surface area (Å²) in [5.41, 5.74) is 2.60. The largest absolute Gasteiger partial charge is 0.488 e. The molecule has 1 amide bonds. The van der Waals surface area contributed by atoms with E-state index in [4.69, 9.17) is 0 Å². The number of fused-ring (bicyclic) bond motifs is 1. The molecule has 2 aliphatic rings. The molecule has 0 aliphatic carbocycles. The van der Waals surface area contributed by atoms with Gasteiger partial charge in [0.1, 0.15) is 6.17 Å². The SMILES string of the molecule is O=C1C2CCCCN2C(c2ccc(B(O)O)cc2)N1Cc1ccccc1. The van der Waals surface area contributed by atoms with Crippen LogP contribution in [0.3, 0.4) is 0 Å². The van der Waals surface area contributed by atoms with Gasteiger partial charge in [0.05, 0.1) is 6.04 Å². The molecule has 0 saturated carbocycles. The average molecular weight is 350 g/mol. The Bertz CT molecular complexity index is 766. The summed E-state index contributed by atoms with van der Waals surface area (Å²) < 4.78 is 0. The predicted molar refractivity (Wildman–Crippen MR) is 100 cm³/mol. The molecule has 2 atom stereocenters. The molecule has 0 radical (unpaired) electrons. The summed E-state index contributed by atoms with van der Waals surface area (Å²) in [4.78, 5) is 17.4. The Labute approximate surface area is 154 Å². The van der Waals surface area contributed by atoms with Gasteiger partial charge in [-0.2, -0.15) is 0 Å². The normalized spacial score (nSPS) is 23.2. The zero-order valence-electron chi connectivity index (χ0n) is 14.7. The van der Waals surface area contributed by atoms with Crippen LogP contribution < -0.4 is 5.46 Å². The van der Waals surface area contributed by atoms with Crippen LogP contribution in [0.25, 0.3) is 0 Å². The van der Waals surface area contributed by atoms with Crippen molar-refractivity contribution in [3.63, 3.8) is 0 Å². The Kier molecular flexibility index (Phi) is 4.81. The number of hydrogen-bond donors (Lipinski definition) is 2. The van der Waals surface area contributed by atoms with Crippen molar-refractivity contribution in [2.75, 3.05) is 6.54 Å². The summed E-state index contributed by atoms with van der Waals surface area (Å²) in [5, 5.41) is 18.7. The minimum absolute atomic E-state index is 0.0411. The first-order valence-electron chi connectivity index (χ1n) is 9.21. The summed E-state index contributed by atoms with van der Waals surface area (Å²) in [6.07, 6.45) is 3.01. The van der Waals surface area contributed by atoms with E-state index in [9.17, 15) is 14.8 Å². The van der Waals surface area contributed by atoms with Gasteiger partial charge in [-0.1, -0.05) is 61.0 Å². The molecule has 5 nitrogen and oxygen atoms in total. The molecular formula is C20H23BN2O3. The Hall–Kier alpha value is -2.15. The molecular weight excluding hydrogens is 327 g/mol. The lowest BCUT2D eigenvalue weighted by atomic mass is 9.80. The van der Waals surface area contributed by atoms with E-state index in [1.54, 1.807) is 12.1 Å². The Balaban J connectivity index is 1.68. The van der Waals surface area contributed by atoms with E-state index in [0.717, 1.165) is 36.9 Å². The van der Waals surface area contributed by atoms with Gasteiger partial charge in [-0.05, 0) is 29.4 Å². The third kappa shape index (κ3) is 3.16. The highest BCUT2D eigenvalue weighted by Gasteiger charge is 2.47. The van der Waals surface area contributed by atoms with Gasteiger partial charge in [-0.15, -0.1) is 0 Å². The van der Waals surface area contributed by atoms with Crippen molar-refractivity contribution in [1.82, 2.24) is 9.80 Å². The highest BCUT2D eigenvalue weighted by molar-refractivity contribution is 6.58. The van der Waals surface area contributed by atoms with Crippen molar-refractivity contribution < 1.29 is 14.8 Å². The fourth-order valence-electron chi connectivity index (χ4n) is 4.16. The monoisotopic (exact) mass is 350 g/mol. The van der Waals surface area contributed by atoms with Crippen molar-refractivity contribution in [3.8, 4) is 0 Å². The first-order valence-corrected chi connectivity index (χ1v) is 9.21. The van der Waals surface area contributed by atoms with Crippen LogP contribution in [-0.4, -0.2) is 45.5 Å². The summed E-state index contributed by atoms with van der Waals surface area (Å²) >= 11 is 0. The molecule has 2 aromatic rings. The average Bonchev–Trinajstić information content (AvgIpc) is 2.95. The lowest BCUT2D eigenvalue weighted by Gasteiger charge is -2.34. The van der Waals surface area contributed by atoms with Crippen molar-refractivity contribution in [2.24, 2.45) is 0 Å². The second-order valence-corrected chi connectivity index (χ2v) is 7.12. The molecule has 2 unspecified atom stereocenters. The topological polar surface area (TPSA) is 64.0 Å². The maximum atomic E-state index is 13.1. The standard InChI is InChI=1S/C20H23BN2O3/c24-20-18-8-4-5-13-22(18)19(16-9-11-17(12-10-16)21(25)26)23(20)14-15-6-2-1-3-7-15/h1-3,6-7,9-12,18-19,25-26H,4-5,8,13-14H2. The molecule has 0 bridgehead atoms. The molecule has 26 heavy (non-hydrogen) atoms. The Morgan fingerprint density at radius 2 is 1.73 bits per heavy atom. The molecule has 0 aromatic heterocycles. The Morgan fingerprint density at radius 1 is 1.00 bits per heavy atom. The fourth-order valence-corrected chi connectivity index (χ4v) is 4.16. The van der Waals surface area contributed by atoms with Crippen LogP contribution in [0.2, 0.25) is 0 Å². The minimum Gasteiger partial charge on any atom is -0.423 e. The second kappa shape index (κ2) is 7.23. The molecule has 4 rings (SSSR count). The number of carbonyl (C=O) groups is 1. The van der Waals surface area contributed by atoms with Crippen molar-refractivity contribution in [2.45, 2.75) is 38.0 Å². The first kappa shape index (κ1) is 17.3. The molecule has 2 aliphatic heterocycles. The summed E-state index contributed by atoms with van der Waals surface area (Å²) in [7, 11) is -1.47. The third-order valence-electron chi connectivity index (χ3n) is 5.45. The van der Waals surface area contributed by atoms with E-state index in [1.807, 2.05) is 47.4 Å². The fraction of sp³-hybridized carbons (Fsp3) is 0.350. The van der Waals surface area contributed by atoms with E-state index >= 15 is 0 Å². The summed E-state index contributed by atoms with van der Waals surface area (Å²) in [6, 6.07) is 17.3. The number of carbonyl (C=O) groups excluding carboxylic acids is 1. The van der Waals surface area contributed by atoms with E-state index in [0.29, 0.717) is 12.0 Å². The number of rotatable bonds is 4. The predicted octanol–water partition coefficient (Wildman–Crippen LogP) is 1.26. The van der Waals surface area contributed by atoms with Crippen molar-refractivity contribution in [3.05, 3.63) is 65.7 Å². The van der Waals surface area contributed by atoms with E-state index in [-0.39, 0.29) is 18.1 Å². The van der Waals surface area contributed by atoms with Crippen LogP contribution in [0.1, 0.15) is 36.6 Å². The summed E-state index contributed by atoms with van der Waals surface area (Å²) in [5.74, 6) is 0.199. The molecule has 2 aromatic carbocycles. The molecule has 2 fully saturated rings. The van der Waals surface area contributed by atoms with Crippen LogP contribution in [0.4, 0.5) is 0 Å². The number of nitrogens with zero attached hydrogens (tertiary/aromatic N) is 2. The number of amides is 1.